The number of benzene rings is 1. The van der Waals surface area contributed by atoms with Crippen LogP contribution in [0, 0.1) is 19.8 Å². The fraction of sp³-hybridized carbons (Fsp3) is 0.538. The van der Waals surface area contributed by atoms with E-state index in [1.807, 2.05) is 39.0 Å². The van der Waals surface area contributed by atoms with Crippen LogP contribution in [0.3, 0.4) is 0 Å². The average molecular weight is 223 g/mol. The van der Waals surface area contributed by atoms with Crippen LogP contribution in [0.2, 0.25) is 0 Å². The molecule has 3 nitrogen and oxygen atoms in total. The minimum absolute atomic E-state index is 0.0596. The lowest BCUT2D eigenvalue weighted by atomic mass is 10.1. The first kappa shape index (κ1) is 13.0. The van der Waals surface area contributed by atoms with Gasteiger partial charge in [0, 0.05) is 0 Å². The number of hydrogen-bond donors (Lipinski definition) is 2. The molecule has 0 saturated heterocycles. The molecule has 0 aliphatic carbocycles. The molecular weight excluding hydrogens is 202 g/mol. The standard InChI is InChI=1S/C13H21NO2/c1-9-5-4-6-10(2)12(9)16-8-7-11(3)13(14)15/h4-6,11,13,15H,7-8,14H2,1-3H3/t11?,13-/m1/s1. The second-order valence-corrected chi connectivity index (χ2v) is 4.33. The summed E-state index contributed by atoms with van der Waals surface area (Å²) in [6.07, 6.45) is -0.00704. The molecule has 90 valence electrons. The highest BCUT2D eigenvalue weighted by atomic mass is 16.5. The maximum absolute atomic E-state index is 9.15. The molecule has 3 N–H and O–H groups in total. The average Bonchev–Trinajstić information content (AvgIpc) is 2.22. The Morgan fingerprint density at radius 1 is 1.31 bits per heavy atom. The van der Waals surface area contributed by atoms with Gasteiger partial charge in [-0.25, -0.2) is 0 Å². The van der Waals surface area contributed by atoms with Gasteiger partial charge in [0.2, 0.25) is 0 Å². The van der Waals surface area contributed by atoms with Crippen molar-refractivity contribution in [2.24, 2.45) is 11.7 Å². The summed E-state index contributed by atoms with van der Waals surface area (Å²) in [6.45, 7) is 6.56. The molecule has 1 aromatic rings. The van der Waals surface area contributed by atoms with Crippen molar-refractivity contribution in [1.29, 1.82) is 0 Å². The highest BCUT2D eigenvalue weighted by Crippen LogP contribution is 2.22. The Bertz CT molecular complexity index is 316. The smallest absolute Gasteiger partial charge is 0.125 e. The fourth-order valence-corrected chi connectivity index (χ4v) is 1.54. The van der Waals surface area contributed by atoms with Crippen molar-refractivity contribution < 1.29 is 9.84 Å². The number of ether oxygens (including phenoxy) is 1. The minimum Gasteiger partial charge on any atom is -0.493 e. The molecule has 3 heteroatoms. The number of nitrogens with two attached hydrogens (primary N) is 1. The van der Waals surface area contributed by atoms with E-state index in [4.69, 9.17) is 15.6 Å². The largest absolute Gasteiger partial charge is 0.493 e. The molecule has 1 rings (SSSR count). The first-order valence-electron chi connectivity index (χ1n) is 5.65. The summed E-state index contributed by atoms with van der Waals surface area (Å²) in [5.74, 6) is 1.01. The predicted molar refractivity (Wildman–Crippen MR) is 65.4 cm³/mol. The monoisotopic (exact) mass is 223 g/mol. The van der Waals surface area contributed by atoms with Gasteiger partial charge in [-0.2, -0.15) is 0 Å². The van der Waals surface area contributed by atoms with E-state index in [9.17, 15) is 0 Å². The lowest BCUT2D eigenvalue weighted by Crippen LogP contribution is -2.28. The molecule has 16 heavy (non-hydrogen) atoms. The van der Waals surface area contributed by atoms with E-state index in [0.29, 0.717) is 6.61 Å². The first-order chi connectivity index (χ1) is 7.52. The SMILES string of the molecule is Cc1cccc(C)c1OCCC(C)[C@H](N)O. The van der Waals surface area contributed by atoms with Crippen molar-refractivity contribution in [3.8, 4) is 5.75 Å². The van der Waals surface area contributed by atoms with Gasteiger partial charge >= 0.3 is 0 Å². The molecular formula is C13H21NO2. The molecule has 0 aliphatic heterocycles. The summed E-state index contributed by atoms with van der Waals surface area (Å²) in [5.41, 5.74) is 7.65. The van der Waals surface area contributed by atoms with E-state index < -0.39 is 6.23 Å². The lowest BCUT2D eigenvalue weighted by Gasteiger charge is -2.16. The second kappa shape index (κ2) is 5.87. The summed E-state index contributed by atoms with van der Waals surface area (Å²) in [4.78, 5) is 0. The van der Waals surface area contributed by atoms with Crippen molar-refractivity contribution in [3.05, 3.63) is 29.3 Å². The first-order valence-corrected chi connectivity index (χ1v) is 5.65. The third-order valence-corrected chi connectivity index (χ3v) is 2.81. The number of aryl methyl sites for hydroxylation is 2. The van der Waals surface area contributed by atoms with Crippen LogP contribution in [-0.4, -0.2) is 17.9 Å². The normalized spacial score (nSPS) is 14.6. The summed E-state index contributed by atoms with van der Waals surface area (Å²) >= 11 is 0. The van der Waals surface area contributed by atoms with Crippen molar-refractivity contribution in [3.63, 3.8) is 0 Å². The van der Waals surface area contributed by atoms with Gasteiger partial charge in [0.15, 0.2) is 0 Å². The Morgan fingerprint density at radius 2 is 1.88 bits per heavy atom. The molecule has 0 aromatic heterocycles. The van der Waals surface area contributed by atoms with Gasteiger partial charge in [0.25, 0.3) is 0 Å². The summed E-state index contributed by atoms with van der Waals surface area (Å²) < 4.78 is 5.72. The Labute approximate surface area is 97.2 Å². The van der Waals surface area contributed by atoms with Crippen LogP contribution in [0.5, 0.6) is 5.75 Å². The third kappa shape index (κ3) is 3.51. The Hall–Kier alpha value is -1.06. The van der Waals surface area contributed by atoms with E-state index in [1.54, 1.807) is 0 Å². The van der Waals surface area contributed by atoms with Gasteiger partial charge in [-0.15, -0.1) is 0 Å². The number of para-hydroxylation sites is 1. The van der Waals surface area contributed by atoms with Crippen LogP contribution in [-0.2, 0) is 0 Å². The van der Waals surface area contributed by atoms with Crippen LogP contribution >= 0.6 is 0 Å². The zero-order chi connectivity index (χ0) is 12.1. The highest BCUT2D eigenvalue weighted by molar-refractivity contribution is 5.39. The highest BCUT2D eigenvalue weighted by Gasteiger charge is 2.10. The zero-order valence-electron chi connectivity index (χ0n) is 10.2. The van der Waals surface area contributed by atoms with Crippen LogP contribution < -0.4 is 10.5 Å². The van der Waals surface area contributed by atoms with E-state index in [0.717, 1.165) is 23.3 Å². The minimum atomic E-state index is -0.762. The van der Waals surface area contributed by atoms with Crippen molar-refractivity contribution in [1.82, 2.24) is 0 Å². The third-order valence-electron chi connectivity index (χ3n) is 2.81. The van der Waals surface area contributed by atoms with Gasteiger partial charge in [-0.05, 0) is 37.3 Å². The van der Waals surface area contributed by atoms with Gasteiger partial charge in [0.05, 0.1) is 6.61 Å². The molecule has 0 bridgehead atoms. The topological polar surface area (TPSA) is 55.5 Å². The van der Waals surface area contributed by atoms with Crippen LogP contribution in [0.25, 0.3) is 0 Å². The van der Waals surface area contributed by atoms with Crippen LogP contribution in [0.1, 0.15) is 24.5 Å². The lowest BCUT2D eigenvalue weighted by molar-refractivity contribution is 0.107. The molecule has 0 spiro atoms. The summed E-state index contributed by atoms with van der Waals surface area (Å²) in [5, 5.41) is 9.15. The molecule has 1 aromatic carbocycles. The number of rotatable bonds is 5. The molecule has 0 fully saturated rings. The van der Waals surface area contributed by atoms with Crippen molar-refractivity contribution in [2.75, 3.05) is 6.61 Å². The number of hydrogen-bond acceptors (Lipinski definition) is 3. The Kier molecular flexibility index (Phi) is 4.77. The van der Waals surface area contributed by atoms with Crippen LogP contribution in [0.4, 0.5) is 0 Å². The quantitative estimate of drug-likeness (QED) is 0.750. The summed E-state index contributed by atoms with van der Waals surface area (Å²) in [6, 6.07) is 6.08. The number of aliphatic hydroxyl groups is 1. The van der Waals surface area contributed by atoms with Gasteiger partial charge in [-0.3, -0.25) is 0 Å². The Balaban J connectivity index is 2.49. The van der Waals surface area contributed by atoms with Crippen LogP contribution in [0.15, 0.2) is 18.2 Å². The molecule has 2 atom stereocenters. The van der Waals surface area contributed by atoms with Crippen molar-refractivity contribution in [2.45, 2.75) is 33.4 Å². The second-order valence-electron chi connectivity index (χ2n) is 4.33. The fourth-order valence-electron chi connectivity index (χ4n) is 1.54. The maximum Gasteiger partial charge on any atom is 0.125 e. The van der Waals surface area contributed by atoms with E-state index in [2.05, 4.69) is 0 Å². The predicted octanol–water partition coefficient (Wildman–Crippen LogP) is 1.99. The van der Waals surface area contributed by atoms with E-state index in [1.165, 1.54) is 0 Å². The van der Waals surface area contributed by atoms with E-state index >= 15 is 0 Å². The Morgan fingerprint density at radius 3 is 2.38 bits per heavy atom. The maximum atomic E-state index is 9.15. The van der Waals surface area contributed by atoms with Gasteiger partial charge < -0.3 is 15.6 Å². The molecule has 0 aliphatic rings. The van der Waals surface area contributed by atoms with E-state index in [-0.39, 0.29) is 5.92 Å². The molecule has 0 amide bonds. The molecule has 0 saturated carbocycles. The molecule has 1 unspecified atom stereocenters. The van der Waals surface area contributed by atoms with Crippen molar-refractivity contribution >= 4 is 0 Å². The molecule has 0 heterocycles. The number of aliphatic hydroxyl groups excluding tert-OH is 1. The van der Waals surface area contributed by atoms with Gasteiger partial charge in [0.1, 0.15) is 12.0 Å². The zero-order valence-corrected chi connectivity index (χ0v) is 10.2. The van der Waals surface area contributed by atoms with Gasteiger partial charge in [-0.1, -0.05) is 25.1 Å². The summed E-state index contributed by atoms with van der Waals surface area (Å²) in [7, 11) is 0. The molecule has 0 radical (unpaired) electrons.